The summed E-state index contributed by atoms with van der Waals surface area (Å²) in [5.74, 6) is 1.87. The third-order valence-corrected chi connectivity index (χ3v) is 5.84. The van der Waals surface area contributed by atoms with Crippen molar-refractivity contribution in [2.75, 3.05) is 19.6 Å². The van der Waals surface area contributed by atoms with E-state index in [0.29, 0.717) is 12.6 Å². The summed E-state index contributed by atoms with van der Waals surface area (Å²) in [6.45, 7) is 11.9. The molecule has 1 fully saturated rings. The van der Waals surface area contributed by atoms with Crippen molar-refractivity contribution in [3.8, 4) is 0 Å². The van der Waals surface area contributed by atoms with Gasteiger partial charge in [0.05, 0.1) is 6.54 Å². The molecule has 0 radical (unpaired) electrons. The summed E-state index contributed by atoms with van der Waals surface area (Å²) in [7, 11) is 0. The lowest BCUT2D eigenvalue weighted by Crippen LogP contribution is -2.39. The fourth-order valence-corrected chi connectivity index (χ4v) is 4.02. The van der Waals surface area contributed by atoms with Crippen LogP contribution in [0.15, 0.2) is 35.6 Å². The van der Waals surface area contributed by atoms with Gasteiger partial charge in [-0.05, 0) is 44.4 Å². The molecule has 1 saturated heterocycles. The van der Waals surface area contributed by atoms with Gasteiger partial charge in [-0.15, -0.1) is 34.2 Å². The van der Waals surface area contributed by atoms with E-state index >= 15 is 0 Å². The summed E-state index contributed by atoms with van der Waals surface area (Å²) in [5.41, 5.74) is 2.70. The molecule has 0 amide bonds. The highest BCUT2D eigenvalue weighted by Crippen LogP contribution is 2.21. The fraction of sp³-hybridized carbons (Fsp3) is 0.609. The molecule has 1 aliphatic heterocycles. The Balaban J connectivity index is 0.00000341. The minimum atomic E-state index is 0. The molecular formula is C23H38IN7. The van der Waals surface area contributed by atoms with Gasteiger partial charge in [0.15, 0.2) is 5.96 Å². The Morgan fingerprint density at radius 2 is 1.97 bits per heavy atom. The average molecular weight is 540 g/mol. The van der Waals surface area contributed by atoms with Crippen LogP contribution in [0, 0.1) is 0 Å². The third kappa shape index (κ3) is 7.75. The number of rotatable bonds is 9. The molecule has 1 aromatic carbocycles. The van der Waals surface area contributed by atoms with Crippen LogP contribution in [-0.4, -0.2) is 51.3 Å². The van der Waals surface area contributed by atoms with Crippen LogP contribution >= 0.6 is 24.0 Å². The Hall–Kier alpha value is -1.68. The number of aliphatic imine (C=N–C) groups is 1. The first kappa shape index (κ1) is 25.6. The number of hydrogen-bond donors (Lipinski definition) is 2. The summed E-state index contributed by atoms with van der Waals surface area (Å²) in [4.78, 5) is 7.46. The first-order valence-corrected chi connectivity index (χ1v) is 11.4. The molecule has 1 aromatic heterocycles. The van der Waals surface area contributed by atoms with Crippen molar-refractivity contribution in [3.63, 3.8) is 0 Å². The van der Waals surface area contributed by atoms with Gasteiger partial charge in [0.1, 0.15) is 12.2 Å². The highest BCUT2D eigenvalue weighted by atomic mass is 127. The molecular weight excluding hydrogens is 501 g/mol. The molecule has 172 valence electrons. The molecule has 7 nitrogen and oxygen atoms in total. The number of halogens is 1. The summed E-state index contributed by atoms with van der Waals surface area (Å²) in [5, 5.41) is 14.9. The van der Waals surface area contributed by atoms with Gasteiger partial charge in [0.2, 0.25) is 0 Å². The molecule has 0 spiro atoms. The highest BCUT2D eigenvalue weighted by Gasteiger charge is 2.19. The Morgan fingerprint density at radius 3 is 2.71 bits per heavy atom. The van der Waals surface area contributed by atoms with Crippen LogP contribution in [0.2, 0.25) is 0 Å². The predicted molar refractivity (Wildman–Crippen MR) is 138 cm³/mol. The first-order valence-electron chi connectivity index (χ1n) is 11.4. The van der Waals surface area contributed by atoms with E-state index in [0.717, 1.165) is 44.4 Å². The molecule has 0 aliphatic carbocycles. The van der Waals surface area contributed by atoms with Gasteiger partial charge in [0, 0.05) is 38.6 Å². The number of likely N-dealkylation sites (tertiary alicyclic amines) is 1. The quantitative estimate of drug-likeness (QED) is 0.290. The van der Waals surface area contributed by atoms with Crippen LogP contribution in [-0.2, 0) is 26.1 Å². The minimum Gasteiger partial charge on any atom is -0.357 e. The van der Waals surface area contributed by atoms with E-state index in [9.17, 15) is 0 Å². The third-order valence-electron chi connectivity index (χ3n) is 5.84. The van der Waals surface area contributed by atoms with Crippen molar-refractivity contribution < 1.29 is 0 Å². The molecule has 1 aliphatic rings. The Kier molecular flexibility index (Phi) is 11.3. The summed E-state index contributed by atoms with van der Waals surface area (Å²) < 4.78 is 2.09. The smallest absolute Gasteiger partial charge is 0.191 e. The molecule has 0 saturated carbocycles. The van der Waals surface area contributed by atoms with E-state index in [1.165, 1.54) is 36.9 Å². The van der Waals surface area contributed by atoms with Crippen LogP contribution < -0.4 is 10.6 Å². The Morgan fingerprint density at radius 1 is 1.16 bits per heavy atom. The number of benzene rings is 1. The number of nitrogens with one attached hydrogen (secondary N) is 2. The van der Waals surface area contributed by atoms with Crippen LogP contribution in [0.25, 0.3) is 0 Å². The highest BCUT2D eigenvalue weighted by molar-refractivity contribution is 14.0. The molecule has 3 rings (SSSR count). The number of hydrogen-bond acceptors (Lipinski definition) is 4. The van der Waals surface area contributed by atoms with Gasteiger partial charge in [-0.2, -0.15) is 0 Å². The molecule has 2 heterocycles. The molecule has 2 aromatic rings. The first-order chi connectivity index (χ1) is 14.7. The van der Waals surface area contributed by atoms with E-state index in [4.69, 9.17) is 4.99 Å². The van der Waals surface area contributed by atoms with E-state index in [1.807, 2.05) is 0 Å². The van der Waals surface area contributed by atoms with Crippen LogP contribution in [0.5, 0.6) is 0 Å². The number of aryl methyl sites for hydroxylation is 1. The zero-order valence-corrected chi connectivity index (χ0v) is 21.5. The normalized spacial score (nSPS) is 17.3. The topological polar surface area (TPSA) is 70.4 Å². The van der Waals surface area contributed by atoms with E-state index in [-0.39, 0.29) is 24.0 Å². The SMILES string of the molecule is CCNC(=NCc1ccccc1CN1CCCCC1C)NCCn1cnnc1CC.I. The number of guanidine groups is 1. The summed E-state index contributed by atoms with van der Waals surface area (Å²) in [6.07, 6.45) is 6.66. The average Bonchev–Trinajstić information content (AvgIpc) is 3.22. The maximum Gasteiger partial charge on any atom is 0.191 e. The lowest BCUT2D eigenvalue weighted by molar-refractivity contribution is 0.152. The van der Waals surface area contributed by atoms with Gasteiger partial charge in [-0.3, -0.25) is 4.90 Å². The minimum absolute atomic E-state index is 0. The number of piperidine rings is 1. The lowest BCUT2D eigenvalue weighted by Gasteiger charge is -2.33. The Labute approximate surface area is 204 Å². The summed E-state index contributed by atoms with van der Waals surface area (Å²) >= 11 is 0. The largest absolute Gasteiger partial charge is 0.357 e. The van der Waals surface area contributed by atoms with Crippen molar-refractivity contribution >= 4 is 29.9 Å². The van der Waals surface area contributed by atoms with Gasteiger partial charge >= 0.3 is 0 Å². The molecule has 31 heavy (non-hydrogen) atoms. The number of nitrogens with zero attached hydrogens (tertiary/aromatic N) is 5. The molecule has 0 bridgehead atoms. The molecule has 8 heteroatoms. The molecule has 1 unspecified atom stereocenters. The van der Waals surface area contributed by atoms with Crippen molar-refractivity contribution in [3.05, 3.63) is 47.5 Å². The van der Waals surface area contributed by atoms with Crippen LogP contribution in [0.4, 0.5) is 0 Å². The zero-order chi connectivity index (χ0) is 21.2. The monoisotopic (exact) mass is 539 g/mol. The number of aromatic nitrogens is 3. The fourth-order valence-electron chi connectivity index (χ4n) is 4.02. The van der Waals surface area contributed by atoms with Crippen LogP contribution in [0.1, 0.15) is 57.0 Å². The van der Waals surface area contributed by atoms with Gasteiger partial charge in [-0.25, -0.2) is 4.99 Å². The predicted octanol–water partition coefficient (Wildman–Crippen LogP) is 3.59. The van der Waals surface area contributed by atoms with Gasteiger partial charge < -0.3 is 15.2 Å². The maximum atomic E-state index is 4.85. The second-order valence-corrected chi connectivity index (χ2v) is 8.00. The zero-order valence-electron chi connectivity index (χ0n) is 19.2. The van der Waals surface area contributed by atoms with Crippen molar-refractivity contribution in [1.82, 2.24) is 30.3 Å². The maximum absolute atomic E-state index is 4.85. The van der Waals surface area contributed by atoms with E-state index in [2.05, 4.69) is 75.3 Å². The standard InChI is InChI=1S/C23H37N7.HI/c1-4-22-28-27-18-30(22)15-13-25-23(24-5-2)26-16-20-11-6-7-12-21(20)17-29-14-9-8-10-19(29)3;/h6-7,11-12,18-19H,4-5,8-10,13-17H2,1-3H3,(H2,24,25,26);1H. The lowest BCUT2D eigenvalue weighted by atomic mass is 10.0. The van der Waals surface area contributed by atoms with Gasteiger partial charge in [0.25, 0.3) is 0 Å². The summed E-state index contributed by atoms with van der Waals surface area (Å²) in [6, 6.07) is 9.39. The van der Waals surface area contributed by atoms with Crippen molar-refractivity contribution in [2.24, 2.45) is 4.99 Å². The molecule has 2 N–H and O–H groups in total. The second-order valence-electron chi connectivity index (χ2n) is 8.00. The molecule has 1 atom stereocenters. The van der Waals surface area contributed by atoms with Gasteiger partial charge in [-0.1, -0.05) is 37.6 Å². The van der Waals surface area contributed by atoms with E-state index < -0.39 is 0 Å². The van der Waals surface area contributed by atoms with E-state index in [1.54, 1.807) is 6.33 Å². The van der Waals surface area contributed by atoms with Crippen LogP contribution in [0.3, 0.4) is 0 Å². The van der Waals surface area contributed by atoms with Crippen molar-refractivity contribution in [1.29, 1.82) is 0 Å². The Bertz CT molecular complexity index is 805. The second kappa shape index (κ2) is 13.7. The van der Waals surface area contributed by atoms with Crippen molar-refractivity contribution in [2.45, 2.75) is 72.1 Å².